The maximum atomic E-state index is 13.7. The fourth-order valence-electron chi connectivity index (χ4n) is 3.19. The summed E-state index contributed by atoms with van der Waals surface area (Å²) in [7, 11) is 0. The lowest BCUT2D eigenvalue weighted by molar-refractivity contribution is 0.585. The largest absolute Gasteiger partial charge is 0.357 e. The molecular weight excluding hydrogens is 477 g/mol. The molecule has 0 saturated heterocycles. The van der Waals surface area contributed by atoms with Crippen molar-refractivity contribution in [1.29, 1.82) is 0 Å². The molecule has 3 rings (SSSR count). The molecule has 1 aliphatic heterocycles. The first-order valence-corrected chi connectivity index (χ1v) is 9.54. The molecule has 0 spiro atoms. The van der Waals surface area contributed by atoms with Crippen LogP contribution in [0.3, 0.4) is 0 Å². The molecule has 0 unspecified atom stereocenters. The number of hydrogen-bond acceptors (Lipinski definition) is 3. The van der Waals surface area contributed by atoms with Gasteiger partial charge in [-0.15, -0.1) is 34.2 Å². The Kier molecular flexibility index (Phi) is 9.07. The van der Waals surface area contributed by atoms with Crippen molar-refractivity contribution in [3.05, 3.63) is 47.0 Å². The first kappa shape index (κ1) is 22.5. The summed E-state index contributed by atoms with van der Waals surface area (Å²) in [4.78, 5) is 4.35. The summed E-state index contributed by atoms with van der Waals surface area (Å²) in [5, 5.41) is 15.0. The zero-order chi connectivity index (χ0) is 19.1. The number of fused-ring (bicyclic) bond motifs is 1. The Balaban J connectivity index is 0.00000280. The molecule has 0 radical (unpaired) electrons. The van der Waals surface area contributed by atoms with Crippen LogP contribution < -0.4 is 10.6 Å². The van der Waals surface area contributed by atoms with E-state index in [0.717, 1.165) is 49.6 Å². The van der Waals surface area contributed by atoms with Gasteiger partial charge in [-0.1, -0.05) is 6.42 Å². The maximum Gasteiger partial charge on any atom is 0.191 e. The third kappa shape index (κ3) is 6.11. The van der Waals surface area contributed by atoms with Gasteiger partial charge in [-0.3, -0.25) is 0 Å². The molecule has 154 valence electrons. The number of aromatic nitrogens is 3. The third-order valence-electron chi connectivity index (χ3n) is 4.59. The Morgan fingerprint density at radius 3 is 2.86 bits per heavy atom. The maximum absolute atomic E-state index is 13.7. The number of rotatable bonds is 6. The molecule has 28 heavy (non-hydrogen) atoms. The van der Waals surface area contributed by atoms with Gasteiger partial charge in [0.25, 0.3) is 0 Å². The fraction of sp³-hybridized carbons (Fsp3) is 0.526. The number of guanidine groups is 1. The van der Waals surface area contributed by atoms with Crippen molar-refractivity contribution in [3.8, 4) is 0 Å². The Morgan fingerprint density at radius 1 is 1.18 bits per heavy atom. The highest BCUT2D eigenvalue weighted by Gasteiger charge is 2.14. The van der Waals surface area contributed by atoms with Crippen molar-refractivity contribution in [1.82, 2.24) is 25.4 Å². The molecule has 1 aliphatic rings. The summed E-state index contributed by atoms with van der Waals surface area (Å²) in [6, 6.07) is 3.40. The zero-order valence-corrected chi connectivity index (χ0v) is 18.4. The van der Waals surface area contributed by atoms with Crippen molar-refractivity contribution < 1.29 is 8.78 Å². The minimum absolute atomic E-state index is 0. The van der Waals surface area contributed by atoms with Gasteiger partial charge in [0.05, 0.1) is 6.54 Å². The van der Waals surface area contributed by atoms with Gasteiger partial charge in [-0.2, -0.15) is 0 Å². The van der Waals surface area contributed by atoms with Gasteiger partial charge < -0.3 is 15.2 Å². The normalized spacial score (nSPS) is 14.0. The van der Waals surface area contributed by atoms with Crippen LogP contribution in [0, 0.1) is 11.6 Å². The van der Waals surface area contributed by atoms with Crippen LogP contribution in [0.2, 0.25) is 0 Å². The van der Waals surface area contributed by atoms with Crippen LogP contribution >= 0.6 is 24.0 Å². The van der Waals surface area contributed by atoms with Gasteiger partial charge in [0, 0.05) is 38.0 Å². The summed E-state index contributed by atoms with van der Waals surface area (Å²) in [5.41, 5.74) is 0.231. The van der Waals surface area contributed by atoms with Crippen LogP contribution in [0.5, 0.6) is 0 Å². The molecule has 0 aliphatic carbocycles. The van der Waals surface area contributed by atoms with Gasteiger partial charge in [0.15, 0.2) is 5.96 Å². The lowest BCUT2D eigenvalue weighted by Crippen LogP contribution is -2.38. The van der Waals surface area contributed by atoms with E-state index in [-0.39, 0.29) is 36.1 Å². The van der Waals surface area contributed by atoms with E-state index in [1.807, 2.05) is 6.92 Å². The number of nitrogens with zero attached hydrogens (tertiary/aromatic N) is 4. The molecule has 0 atom stereocenters. The van der Waals surface area contributed by atoms with Gasteiger partial charge >= 0.3 is 0 Å². The van der Waals surface area contributed by atoms with Crippen LogP contribution in [0.25, 0.3) is 0 Å². The molecule has 2 aromatic rings. The molecule has 1 aromatic heterocycles. The SMILES string of the molecule is CCNC(=NCc1cc(F)ccc1F)NCCc1nnc2n1CCCCC2.I. The number of halogens is 3. The number of benzene rings is 1. The Labute approximate surface area is 181 Å². The Morgan fingerprint density at radius 2 is 2.04 bits per heavy atom. The predicted molar refractivity (Wildman–Crippen MR) is 116 cm³/mol. The molecule has 2 heterocycles. The molecule has 0 bridgehead atoms. The quantitative estimate of drug-likeness (QED) is 0.361. The number of aliphatic imine (C=N–C) groups is 1. The highest BCUT2D eigenvalue weighted by atomic mass is 127. The topological polar surface area (TPSA) is 67.1 Å². The predicted octanol–water partition coefficient (Wildman–Crippen LogP) is 3.20. The van der Waals surface area contributed by atoms with E-state index < -0.39 is 11.6 Å². The van der Waals surface area contributed by atoms with E-state index in [4.69, 9.17) is 0 Å². The summed E-state index contributed by atoms with van der Waals surface area (Å²) in [6.07, 6.45) is 5.28. The van der Waals surface area contributed by atoms with Crippen LogP contribution in [0.4, 0.5) is 8.78 Å². The second-order valence-electron chi connectivity index (χ2n) is 6.60. The third-order valence-corrected chi connectivity index (χ3v) is 4.59. The van der Waals surface area contributed by atoms with Gasteiger partial charge in [0.1, 0.15) is 23.3 Å². The van der Waals surface area contributed by atoms with Crippen LogP contribution in [-0.2, 0) is 25.9 Å². The molecule has 2 N–H and O–H groups in total. The van der Waals surface area contributed by atoms with Crippen LogP contribution in [0.15, 0.2) is 23.2 Å². The summed E-state index contributed by atoms with van der Waals surface area (Å²) < 4.78 is 29.3. The highest BCUT2D eigenvalue weighted by Crippen LogP contribution is 2.14. The van der Waals surface area contributed by atoms with Crippen molar-refractivity contribution in [2.45, 2.75) is 52.1 Å². The molecule has 0 saturated carbocycles. The number of nitrogens with one attached hydrogen (secondary N) is 2. The van der Waals surface area contributed by atoms with Crippen molar-refractivity contribution in [2.24, 2.45) is 4.99 Å². The highest BCUT2D eigenvalue weighted by molar-refractivity contribution is 14.0. The minimum Gasteiger partial charge on any atom is -0.357 e. The molecule has 9 heteroatoms. The van der Waals surface area contributed by atoms with E-state index in [0.29, 0.717) is 19.0 Å². The lowest BCUT2D eigenvalue weighted by atomic mass is 10.2. The van der Waals surface area contributed by atoms with E-state index in [9.17, 15) is 8.78 Å². The second-order valence-corrected chi connectivity index (χ2v) is 6.60. The average molecular weight is 504 g/mol. The molecule has 0 fully saturated rings. The average Bonchev–Trinajstić information content (AvgIpc) is 2.88. The first-order chi connectivity index (χ1) is 13.2. The smallest absolute Gasteiger partial charge is 0.191 e. The summed E-state index contributed by atoms with van der Waals surface area (Å²) in [5.74, 6) is 1.70. The van der Waals surface area contributed by atoms with E-state index in [1.54, 1.807) is 0 Å². The minimum atomic E-state index is -0.466. The van der Waals surface area contributed by atoms with E-state index in [2.05, 4.69) is 30.4 Å². The second kappa shape index (κ2) is 11.3. The summed E-state index contributed by atoms with van der Waals surface area (Å²) >= 11 is 0. The summed E-state index contributed by atoms with van der Waals surface area (Å²) in [6.45, 7) is 4.32. The van der Waals surface area contributed by atoms with Gasteiger partial charge in [0.2, 0.25) is 0 Å². The number of aryl methyl sites for hydroxylation is 1. The zero-order valence-electron chi connectivity index (χ0n) is 16.0. The van der Waals surface area contributed by atoms with Crippen LogP contribution in [-0.4, -0.2) is 33.8 Å². The lowest BCUT2D eigenvalue weighted by Gasteiger charge is -2.12. The van der Waals surface area contributed by atoms with Gasteiger partial charge in [-0.05, 0) is 38.0 Å². The van der Waals surface area contributed by atoms with Crippen molar-refractivity contribution in [2.75, 3.05) is 13.1 Å². The number of hydrogen-bond donors (Lipinski definition) is 2. The molecule has 6 nitrogen and oxygen atoms in total. The van der Waals surface area contributed by atoms with Crippen LogP contribution in [0.1, 0.15) is 43.4 Å². The molecular formula is C19H27F2IN6. The van der Waals surface area contributed by atoms with Gasteiger partial charge in [-0.25, -0.2) is 13.8 Å². The first-order valence-electron chi connectivity index (χ1n) is 9.54. The van der Waals surface area contributed by atoms with E-state index in [1.165, 1.54) is 18.9 Å². The molecule has 1 aromatic carbocycles. The molecule has 0 amide bonds. The fourth-order valence-corrected chi connectivity index (χ4v) is 3.19. The Bertz CT molecular complexity index is 793. The standard InChI is InChI=1S/C19H26F2N6.HI/c1-2-22-19(24-13-14-12-15(20)7-8-16(14)21)23-10-9-18-26-25-17-6-4-3-5-11-27(17)18;/h7-8,12H,2-6,9-11,13H2,1H3,(H2,22,23,24);1H. The Hall–Kier alpha value is -1.78. The monoisotopic (exact) mass is 504 g/mol. The van der Waals surface area contributed by atoms with E-state index >= 15 is 0 Å². The van der Waals surface area contributed by atoms with Crippen molar-refractivity contribution >= 4 is 29.9 Å². The van der Waals surface area contributed by atoms with Crippen molar-refractivity contribution in [3.63, 3.8) is 0 Å².